The first-order valence-electron chi connectivity index (χ1n) is 7.76. The van der Waals surface area contributed by atoms with Crippen molar-refractivity contribution >= 4 is 17.3 Å². The SMILES string of the molecule is CCCCn1ncc(NCC2(C)CCNCC2)c(Cl)c1=O. The zero-order valence-corrected chi connectivity index (χ0v) is 13.7. The first kappa shape index (κ1) is 16.3. The number of halogens is 1. The number of unbranched alkanes of at least 4 members (excludes halogenated alkanes) is 1. The third kappa shape index (κ3) is 4.20. The first-order chi connectivity index (χ1) is 10.1. The molecule has 21 heavy (non-hydrogen) atoms. The molecule has 0 aliphatic carbocycles. The summed E-state index contributed by atoms with van der Waals surface area (Å²) >= 11 is 6.19. The van der Waals surface area contributed by atoms with Crippen molar-refractivity contribution in [2.45, 2.75) is 46.1 Å². The molecule has 0 saturated carbocycles. The van der Waals surface area contributed by atoms with Crippen LogP contribution < -0.4 is 16.2 Å². The van der Waals surface area contributed by atoms with Gasteiger partial charge in [-0.2, -0.15) is 5.10 Å². The third-order valence-electron chi connectivity index (χ3n) is 4.22. The van der Waals surface area contributed by atoms with Crippen LogP contribution in [0, 0.1) is 5.41 Å². The molecule has 2 rings (SSSR count). The third-order valence-corrected chi connectivity index (χ3v) is 4.59. The minimum absolute atomic E-state index is 0.203. The second-order valence-corrected chi connectivity index (χ2v) is 6.55. The van der Waals surface area contributed by atoms with E-state index in [9.17, 15) is 4.79 Å². The summed E-state index contributed by atoms with van der Waals surface area (Å²) in [6.45, 7) is 7.88. The summed E-state index contributed by atoms with van der Waals surface area (Å²) in [6, 6.07) is 0. The van der Waals surface area contributed by atoms with Crippen LogP contribution in [0.25, 0.3) is 0 Å². The second-order valence-electron chi connectivity index (χ2n) is 6.17. The van der Waals surface area contributed by atoms with E-state index in [1.165, 1.54) is 4.68 Å². The van der Waals surface area contributed by atoms with E-state index in [1.807, 2.05) is 0 Å². The molecular weight excluding hydrogens is 288 g/mol. The molecule has 0 radical (unpaired) electrons. The molecule has 5 nitrogen and oxygen atoms in total. The molecule has 0 spiro atoms. The summed E-state index contributed by atoms with van der Waals surface area (Å²) in [5, 5.41) is 11.1. The van der Waals surface area contributed by atoms with Crippen LogP contribution in [-0.2, 0) is 6.54 Å². The number of anilines is 1. The zero-order chi connectivity index (χ0) is 15.3. The highest BCUT2D eigenvalue weighted by Gasteiger charge is 2.26. The van der Waals surface area contributed by atoms with Gasteiger partial charge in [0.25, 0.3) is 5.56 Å². The molecule has 0 aromatic carbocycles. The van der Waals surface area contributed by atoms with E-state index in [0.717, 1.165) is 45.3 Å². The number of nitrogens with one attached hydrogen (secondary N) is 2. The number of aryl methyl sites for hydroxylation is 1. The quantitative estimate of drug-likeness (QED) is 0.847. The minimum atomic E-state index is -0.203. The van der Waals surface area contributed by atoms with E-state index in [0.29, 0.717) is 12.2 Å². The van der Waals surface area contributed by atoms with Crippen molar-refractivity contribution in [2.75, 3.05) is 25.0 Å². The molecule has 1 aromatic rings. The van der Waals surface area contributed by atoms with Crippen LogP contribution in [-0.4, -0.2) is 29.4 Å². The number of nitrogens with zero attached hydrogens (tertiary/aromatic N) is 2. The number of hydrogen-bond acceptors (Lipinski definition) is 4. The number of hydrogen-bond donors (Lipinski definition) is 2. The van der Waals surface area contributed by atoms with Crippen LogP contribution in [0.5, 0.6) is 0 Å². The van der Waals surface area contributed by atoms with Gasteiger partial charge in [0.15, 0.2) is 0 Å². The summed E-state index contributed by atoms with van der Waals surface area (Å²) in [4.78, 5) is 12.1. The Morgan fingerprint density at radius 3 is 2.86 bits per heavy atom. The maximum Gasteiger partial charge on any atom is 0.287 e. The molecule has 118 valence electrons. The highest BCUT2D eigenvalue weighted by atomic mass is 35.5. The van der Waals surface area contributed by atoms with E-state index in [2.05, 4.69) is 29.6 Å². The van der Waals surface area contributed by atoms with E-state index in [1.54, 1.807) is 6.20 Å². The predicted molar refractivity (Wildman–Crippen MR) is 87.1 cm³/mol. The lowest BCUT2D eigenvalue weighted by molar-refractivity contribution is 0.247. The van der Waals surface area contributed by atoms with Crippen molar-refractivity contribution < 1.29 is 0 Å². The first-order valence-corrected chi connectivity index (χ1v) is 8.14. The van der Waals surface area contributed by atoms with Gasteiger partial charge in [-0.25, -0.2) is 4.68 Å². The fraction of sp³-hybridized carbons (Fsp3) is 0.733. The topological polar surface area (TPSA) is 59.0 Å². The lowest BCUT2D eigenvalue weighted by Crippen LogP contribution is -2.39. The van der Waals surface area contributed by atoms with Crippen LogP contribution in [0.15, 0.2) is 11.0 Å². The zero-order valence-electron chi connectivity index (χ0n) is 12.9. The van der Waals surface area contributed by atoms with E-state index >= 15 is 0 Å². The maximum absolute atomic E-state index is 12.1. The molecule has 0 atom stereocenters. The van der Waals surface area contributed by atoms with Gasteiger partial charge in [-0.3, -0.25) is 4.79 Å². The fourth-order valence-electron chi connectivity index (χ4n) is 2.57. The molecule has 1 aliphatic heterocycles. The Morgan fingerprint density at radius 2 is 2.19 bits per heavy atom. The summed E-state index contributed by atoms with van der Waals surface area (Å²) in [7, 11) is 0. The Morgan fingerprint density at radius 1 is 1.48 bits per heavy atom. The van der Waals surface area contributed by atoms with Crippen LogP contribution in [0.1, 0.15) is 39.5 Å². The summed E-state index contributed by atoms with van der Waals surface area (Å²) < 4.78 is 1.45. The van der Waals surface area contributed by atoms with Gasteiger partial charge in [-0.15, -0.1) is 0 Å². The lowest BCUT2D eigenvalue weighted by atomic mass is 9.81. The molecule has 1 fully saturated rings. The van der Waals surface area contributed by atoms with Crippen molar-refractivity contribution in [3.8, 4) is 0 Å². The van der Waals surface area contributed by atoms with Crippen molar-refractivity contribution in [2.24, 2.45) is 5.41 Å². The smallest absolute Gasteiger partial charge is 0.287 e. The molecule has 1 aliphatic rings. The predicted octanol–water partition coefficient (Wildman–Crippen LogP) is 2.50. The van der Waals surface area contributed by atoms with E-state index < -0.39 is 0 Å². The van der Waals surface area contributed by atoms with Gasteiger partial charge in [0.1, 0.15) is 5.02 Å². The Balaban J connectivity index is 2.03. The van der Waals surface area contributed by atoms with Crippen molar-refractivity contribution in [3.05, 3.63) is 21.6 Å². The van der Waals surface area contributed by atoms with Crippen LogP contribution in [0.2, 0.25) is 5.02 Å². The molecule has 2 heterocycles. The summed E-state index contributed by atoms with van der Waals surface area (Å²) in [5.41, 5.74) is 0.686. The Hall–Kier alpha value is -1.07. The van der Waals surface area contributed by atoms with E-state index in [4.69, 9.17) is 11.6 Å². The van der Waals surface area contributed by atoms with Crippen molar-refractivity contribution in [3.63, 3.8) is 0 Å². The monoisotopic (exact) mass is 312 g/mol. The average Bonchev–Trinajstić information content (AvgIpc) is 2.48. The Labute approximate surface area is 131 Å². The number of piperidine rings is 1. The molecule has 1 saturated heterocycles. The summed E-state index contributed by atoms with van der Waals surface area (Å²) in [5.74, 6) is 0. The van der Waals surface area contributed by atoms with Crippen molar-refractivity contribution in [1.82, 2.24) is 15.1 Å². The van der Waals surface area contributed by atoms with Gasteiger partial charge in [0.2, 0.25) is 0 Å². The highest BCUT2D eigenvalue weighted by Crippen LogP contribution is 2.28. The van der Waals surface area contributed by atoms with Crippen LogP contribution in [0.4, 0.5) is 5.69 Å². The molecule has 0 bridgehead atoms. The normalized spacial score (nSPS) is 17.7. The molecule has 0 amide bonds. The van der Waals surface area contributed by atoms with Gasteiger partial charge < -0.3 is 10.6 Å². The van der Waals surface area contributed by atoms with Gasteiger partial charge in [-0.1, -0.05) is 31.9 Å². The van der Waals surface area contributed by atoms with Crippen LogP contribution >= 0.6 is 11.6 Å². The highest BCUT2D eigenvalue weighted by molar-refractivity contribution is 6.32. The largest absolute Gasteiger partial charge is 0.382 e. The fourth-order valence-corrected chi connectivity index (χ4v) is 2.78. The van der Waals surface area contributed by atoms with Gasteiger partial charge >= 0.3 is 0 Å². The second kappa shape index (κ2) is 7.27. The minimum Gasteiger partial charge on any atom is -0.382 e. The molecule has 0 unspecified atom stereocenters. The Bertz CT molecular complexity index is 523. The van der Waals surface area contributed by atoms with E-state index in [-0.39, 0.29) is 16.0 Å². The molecule has 2 N–H and O–H groups in total. The van der Waals surface area contributed by atoms with Gasteiger partial charge in [0.05, 0.1) is 11.9 Å². The van der Waals surface area contributed by atoms with Gasteiger partial charge in [-0.05, 0) is 37.8 Å². The van der Waals surface area contributed by atoms with Crippen molar-refractivity contribution in [1.29, 1.82) is 0 Å². The number of rotatable bonds is 6. The molecular formula is C15H25ClN4O. The summed E-state index contributed by atoms with van der Waals surface area (Å²) in [6.07, 6.45) is 5.88. The Kier molecular flexibility index (Phi) is 5.65. The lowest BCUT2D eigenvalue weighted by Gasteiger charge is -2.34. The molecule has 6 heteroatoms. The molecule has 1 aromatic heterocycles. The van der Waals surface area contributed by atoms with Crippen LogP contribution in [0.3, 0.4) is 0 Å². The van der Waals surface area contributed by atoms with Gasteiger partial charge in [0, 0.05) is 13.1 Å². The standard InChI is InChI=1S/C15H25ClN4O/c1-3-4-9-20-14(21)13(16)12(10-19-20)18-11-15(2)5-7-17-8-6-15/h10,17-18H,3-9,11H2,1-2H3. The maximum atomic E-state index is 12.1. The average molecular weight is 313 g/mol. The number of aromatic nitrogens is 2.